The predicted molar refractivity (Wildman–Crippen MR) is 65.4 cm³/mol. The molecule has 0 amide bonds. The van der Waals surface area contributed by atoms with Gasteiger partial charge in [0.05, 0.1) is 0 Å². The lowest BCUT2D eigenvalue weighted by Crippen LogP contribution is -2.03. The molecule has 0 aromatic carbocycles. The number of rotatable bonds is 7. The molecular weight excluding hydrogens is 208 g/mol. The normalized spacial score (nSPS) is 10.9. The highest BCUT2D eigenvalue weighted by Gasteiger charge is 2.06. The molecule has 0 saturated carbocycles. The molecule has 0 unspecified atom stereocenters. The molecular formula is C10H20N4S. The maximum Gasteiger partial charge on any atom is 0.202 e. The van der Waals surface area contributed by atoms with E-state index in [-0.39, 0.29) is 0 Å². The first-order valence-electron chi connectivity index (χ1n) is 5.51. The lowest BCUT2D eigenvalue weighted by atomic mass is 10.2. The van der Waals surface area contributed by atoms with Crippen LogP contribution in [0.3, 0.4) is 0 Å². The third-order valence-electron chi connectivity index (χ3n) is 2.12. The second kappa shape index (κ2) is 6.74. The van der Waals surface area contributed by atoms with Crippen LogP contribution in [0.1, 0.15) is 44.9 Å². The first kappa shape index (κ1) is 12.4. The maximum absolute atomic E-state index is 5.42. The molecule has 4 nitrogen and oxygen atoms in total. The number of hydrogen-bond donors (Lipinski definition) is 2. The van der Waals surface area contributed by atoms with Crippen LogP contribution in [0.25, 0.3) is 0 Å². The number of nitrogens with zero attached hydrogens (tertiary/aromatic N) is 2. The molecule has 15 heavy (non-hydrogen) atoms. The smallest absolute Gasteiger partial charge is 0.202 e. The third-order valence-corrected chi connectivity index (χ3v) is 2.80. The molecule has 0 atom stereocenters. The van der Waals surface area contributed by atoms with Crippen LogP contribution in [0, 0.1) is 0 Å². The highest BCUT2D eigenvalue weighted by atomic mass is 32.1. The summed E-state index contributed by atoms with van der Waals surface area (Å²) < 4.78 is 4.28. The topological polar surface area (TPSA) is 63.8 Å². The second-order valence-corrected chi connectivity index (χ2v) is 4.64. The van der Waals surface area contributed by atoms with Crippen LogP contribution in [0.15, 0.2) is 0 Å². The van der Waals surface area contributed by atoms with E-state index in [4.69, 9.17) is 5.73 Å². The molecule has 1 aromatic rings. The van der Waals surface area contributed by atoms with Crippen molar-refractivity contribution in [3.05, 3.63) is 5.82 Å². The Morgan fingerprint density at radius 2 is 2.13 bits per heavy atom. The first-order chi connectivity index (χ1) is 7.24. The monoisotopic (exact) mass is 228 g/mol. The lowest BCUT2D eigenvalue weighted by Gasteiger charge is -2.01. The van der Waals surface area contributed by atoms with E-state index in [0.717, 1.165) is 36.9 Å². The van der Waals surface area contributed by atoms with Gasteiger partial charge in [-0.3, -0.25) is 0 Å². The fourth-order valence-electron chi connectivity index (χ4n) is 1.18. The highest BCUT2D eigenvalue weighted by Crippen LogP contribution is 2.17. The average molecular weight is 228 g/mol. The summed E-state index contributed by atoms with van der Waals surface area (Å²) in [6, 6.07) is 0. The molecule has 1 heterocycles. The summed E-state index contributed by atoms with van der Waals surface area (Å²) in [4.78, 5) is 4.40. The van der Waals surface area contributed by atoms with Crippen molar-refractivity contribution >= 4 is 16.7 Å². The molecule has 0 saturated heterocycles. The zero-order valence-corrected chi connectivity index (χ0v) is 10.3. The molecule has 0 aliphatic carbocycles. The van der Waals surface area contributed by atoms with Gasteiger partial charge in [-0.1, -0.05) is 20.3 Å². The highest BCUT2D eigenvalue weighted by molar-refractivity contribution is 7.09. The summed E-state index contributed by atoms with van der Waals surface area (Å²) in [6.45, 7) is 5.96. The minimum Gasteiger partial charge on any atom is -0.360 e. The fourth-order valence-corrected chi connectivity index (χ4v) is 1.92. The van der Waals surface area contributed by atoms with Crippen molar-refractivity contribution in [3.63, 3.8) is 0 Å². The van der Waals surface area contributed by atoms with E-state index in [9.17, 15) is 0 Å². The van der Waals surface area contributed by atoms with E-state index < -0.39 is 0 Å². The predicted octanol–water partition coefficient (Wildman–Crippen LogP) is 2.20. The average Bonchev–Trinajstić information content (AvgIpc) is 2.66. The summed E-state index contributed by atoms with van der Waals surface area (Å²) in [5, 5.41) is 4.22. The molecule has 86 valence electrons. The Balaban J connectivity index is 2.20. The van der Waals surface area contributed by atoms with Gasteiger partial charge in [-0.05, 0) is 19.4 Å². The van der Waals surface area contributed by atoms with Crippen molar-refractivity contribution in [1.82, 2.24) is 9.36 Å². The third kappa shape index (κ3) is 4.57. The Labute approximate surface area is 95.5 Å². The van der Waals surface area contributed by atoms with Crippen LogP contribution in [-0.4, -0.2) is 22.4 Å². The molecule has 0 aliphatic heterocycles. The standard InChI is InChI=1S/C10H20N4S/c1-8(2)9-13-10(15-14-9)12-7-5-3-4-6-11/h8H,3-7,11H2,1-2H3,(H,12,13,14). The van der Waals surface area contributed by atoms with E-state index in [1.165, 1.54) is 18.0 Å². The molecule has 0 spiro atoms. The Morgan fingerprint density at radius 1 is 1.33 bits per heavy atom. The van der Waals surface area contributed by atoms with Crippen LogP contribution in [0.5, 0.6) is 0 Å². The van der Waals surface area contributed by atoms with E-state index in [2.05, 4.69) is 28.5 Å². The van der Waals surface area contributed by atoms with Gasteiger partial charge in [0.2, 0.25) is 5.13 Å². The van der Waals surface area contributed by atoms with Gasteiger partial charge < -0.3 is 11.1 Å². The largest absolute Gasteiger partial charge is 0.360 e. The zero-order chi connectivity index (χ0) is 11.1. The van der Waals surface area contributed by atoms with Crippen LogP contribution in [0.4, 0.5) is 5.13 Å². The summed E-state index contributed by atoms with van der Waals surface area (Å²) in [7, 11) is 0. The van der Waals surface area contributed by atoms with Crippen LogP contribution < -0.4 is 11.1 Å². The molecule has 0 bridgehead atoms. The van der Waals surface area contributed by atoms with Gasteiger partial charge in [0.1, 0.15) is 5.82 Å². The summed E-state index contributed by atoms with van der Waals surface area (Å²) >= 11 is 1.44. The van der Waals surface area contributed by atoms with Gasteiger partial charge in [-0.2, -0.15) is 4.37 Å². The molecule has 3 N–H and O–H groups in total. The van der Waals surface area contributed by atoms with E-state index in [1.807, 2.05) is 0 Å². The minimum atomic E-state index is 0.411. The maximum atomic E-state index is 5.42. The van der Waals surface area contributed by atoms with E-state index in [1.54, 1.807) is 0 Å². The summed E-state index contributed by atoms with van der Waals surface area (Å²) in [5.74, 6) is 1.35. The SMILES string of the molecule is CC(C)c1nsc(NCCCCCN)n1. The van der Waals surface area contributed by atoms with Gasteiger partial charge in [0.25, 0.3) is 0 Å². The Kier molecular flexibility index (Phi) is 5.57. The molecule has 0 fully saturated rings. The number of anilines is 1. The van der Waals surface area contributed by atoms with Gasteiger partial charge in [-0.15, -0.1) is 0 Å². The summed E-state index contributed by atoms with van der Waals surface area (Å²) in [6.07, 6.45) is 3.43. The Bertz CT molecular complexity index is 272. The number of aromatic nitrogens is 2. The molecule has 0 aliphatic rings. The number of nitrogens with two attached hydrogens (primary N) is 1. The molecule has 0 radical (unpaired) electrons. The van der Waals surface area contributed by atoms with Gasteiger partial charge in [0, 0.05) is 24.0 Å². The fraction of sp³-hybridized carbons (Fsp3) is 0.800. The number of nitrogens with one attached hydrogen (secondary N) is 1. The Hall–Kier alpha value is -0.680. The number of unbranched alkanes of at least 4 members (excludes halogenated alkanes) is 2. The minimum absolute atomic E-state index is 0.411. The van der Waals surface area contributed by atoms with Crippen LogP contribution >= 0.6 is 11.5 Å². The van der Waals surface area contributed by atoms with E-state index >= 15 is 0 Å². The molecule has 1 aromatic heterocycles. The van der Waals surface area contributed by atoms with Gasteiger partial charge in [-0.25, -0.2) is 4.98 Å². The molecule has 1 rings (SSSR count). The number of hydrogen-bond acceptors (Lipinski definition) is 5. The van der Waals surface area contributed by atoms with Crippen molar-refractivity contribution in [1.29, 1.82) is 0 Å². The van der Waals surface area contributed by atoms with Gasteiger partial charge >= 0.3 is 0 Å². The van der Waals surface area contributed by atoms with Crippen LogP contribution in [-0.2, 0) is 0 Å². The van der Waals surface area contributed by atoms with Crippen molar-refractivity contribution in [2.45, 2.75) is 39.0 Å². The van der Waals surface area contributed by atoms with Crippen molar-refractivity contribution in [2.75, 3.05) is 18.4 Å². The van der Waals surface area contributed by atoms with Crippen molar-refractivity contribution < 1.29 is 0 Å². The first-order valence-corrected chi connectivity index (χ1v) is 6.29. The van der Waals surface area contributed by atoms with E-state index in [0.29, 0.717) is 5.92 Å². The molecule has 5 heteroatoms. The summed E-state index contributed by atoms with van der Waals surface area (Å²) in [5.41, 5.74) is 5.42. The van der Waals surface area contributed by atoms with Crippen LogP contribution in [0.2, 0.25) is 0 Å². The zero-order valence-electron chi connectivity index (χ0n) is 9.49. The Morgan fingerprint density at radius 3 is 2.73 bits per heavy atom. The quantitative estimate of drug-likeness (QED) is 0.702. The second-order valence-electron chi connectivity index (χ2n) is 3.89. The lowest BCUT2D eigenvalue weighted by molar-refractivity contribution is 0.706. The van der Waals surface area contributed by atoms with Crippen molar-refractivity contribution in [3.8, 4) is 0 Å². The van der Waals surface area contributed by atoms with Crippen molar-refractivity contribution in [2.24, 2.45) is 5.73 Å². The van der Waals surface area contributed by atoms with Gasteiger partial charge in [0.15, 0.2) is 0 Å².